The van der Waals surface area contributed by atoms with Gasteiger partial charge in [-0.05, 0) is 0 Å². The van der Waals surface area contributed by atoms with Gasteiger partial charge in [0, 0.05) is 0 Å². The van der Waals surface area contributed by atoms with Crippen LogP contribution in [0.5, 0.6) is 0 Å². The normalized spacial score (nSPS) is 19.0. The molecule has 1 radical (unpaired) electrons. The number of methoxy groups -OCH3 is 1. The first kappa shape index (κ1) is 11.6. The number of ether oxygens (including phenoxy) is 2. The van der Waals surface area contributed by atoms with Crippen LogP contribution in [0.3, 0.4) is 0 Å². The molecule has 0 aromatic heterocycles. The van der Waals surface area contributed by atoms with Gasteiger partial charge in [0.2, 0.25) is 0 Å². The van der Waals surface area contributed by atoms with Crippen LogP contribution in [0, 0.1) is 0 Å². The Morgan fingerprint density at radius 2 is 2.31 bits per heavy atom. The third-order valence-corrected chi connectivity index (χ3v) is 4.80. The third-order valence-electron chi connectivity index (χ3n) is 2.37. The van der Waals surface area contributed by atoms with Gasteiger partial charge in [0.05, 0.1) is 0 Å². The van der Waals surface area contributed by atoms with Gasteiger partial charge in [0.25, 0.3) is 0 Å². The summed E-state index contributed by atoms with van der Waals surface area (Å²) >= 11 is -0.405. The molecule has 0 amide bonds. The molecule has 2 rings (SSSR count). The molecule has 0 spiro atoms. The monoisotopic (exact) mass is 335 g/mol. The standard InChI is InChI=1S/C12H13O3Te/c1-3-15-10-4-5-16-11-7-8(14-2)6-9(13)12(10)11/h4-5,7H,3,6H2,1-2H3. The van der Waals surface area contributed by atoms with Gasteiger partial charge in [0.15, 0.2) is 0 Å². The zero-order valence-corrected chi connectivity index (χ0v) is 11.6. The van der Waals surface area contributed by atoms with Gasteiger partial charge in [-0.1, -0.05) is 0 Å². The number of fused-ring (bicyclic) bond motifs is 1. The van der Waals surface area contributed by atoms with E-state index in [4.69, 9.17) is 9.47 Å². The van der Waals surface area contributed by atoms with E-state index in [0.29, 0.717) is 13.0 Å². The molecule has 4 heteroatoms. The first-order valence-electron chi connectivity index (χ1n) is 5.11. The average molecular weight is 333 g/mol. The fraction of sp³-hybridized carbons (Fsp3) is 0.333. The van der Waals surface area contributed by atoms with Crippen molar-refractivity contribution in [3.8, 4) is 0 Å². The molecule has 16 heavy (non-hydrogen) atoms. The number of hydrogen-bond donors (Lipinski definition) is 0. The number of carbonyl (C=O) groups excluding carboxylic acids is 1. The van der Waals surface area contributed by atoms with Crippen molar-refractivity contribution in [2.45, 2.75) is 13.3 Å². The maximum absolute atomic E-state index is 12.0. The second kappa shape index (κ2) is 4.99. The average Bonchev–Trinajstić information content (AvgIpc) is 2.29. The maximum atomic E-state index is 12.0. The van der Waals surface area contributed by atoms with Crippen LogP contribution in [-0.4, -0.2) is 43.5 Å². The van der Waals surface area contributed by atoms with Crippen LogP contribution in [0.25, 0.3) is 0 Å². The number of ketones is 1. The second-order valence-electron chi connectivity index (χ2n) is 3.37. The zero-order valence-electron chi connectivity index (χ0n) is 9.28. The van der Waals surface area contributed by atoms with Crippen molar-refractivity contribution in [2.75, 3.05) is 13.7 Å². The topological polar surface area (TPSA) is 35.5 Å². The number of Topliss-reactive ketones (excluding diaryl/α,β-unsaturated/α-hetero) is 1. The molecule has 3 nitrogen and oxygen atoms in total. The van der Waals surface area contributed by atoms with E-state index in [2.05, 4.69) is 4.12 Å². The van der Waals surface area contributed by atoms with Gasteiger partial charge in [-0.2, -0.15) is 0 Å². The van der Waals surface area contributed by atoms with Gasteiger partial charge in [-0.25, -0.2) is 0 Å². The quantitative estimate of drug-likeness (QED) is 0.728. The van der Waals surface area contributed by atoms with E-state index < -0.39 is 20.5 Å². The van der Waals surface area contributed by atoms with Gasteiger partial charge in [-0.15, -0.1) is 0 Å². The third kappa shape index (κ3) is 2.14. The van der Waals surface area contributed by atoms with E-state index in [1.54, 1.807) is 7.11 Å². The van der Waals surface area contributed by atoms with E-state index in [1.165, 1.54) is 0 Å². The summed E-state index contributed by atoms with van der Waals surface area (Å²) in [7, 11) is 1.61. The zero-order chi connectivity index (χ0) is 11.5. The Labute approximate surface area is 104 Å². The fourth-order valence-corrected chi connectivity index (χ4v) is 4.15. The van der Waals surface area contributed by atoms with Crippen molar-refractivity contribution in [2.24, 2.45) is 0 Å². The molecule has 0 aromatic rings. The molecule has 1 heterocycles. The number of allylic oxidation sites excluding steroid dienone is 4. The Bertz CT molecular complexity index is 441. The van der Waals surface area contributed by atoms with E-state index in [0.717, 1.165) is 20.6 Å². The van der Waals surface area contributed by atoms with Crippen LogP contribution in [0.2, 0.25) is 0 Å². The first-order chi connectivity index (χ1) is 7.76. The predicted molar refractivity (Wildman–Crippen MR) is 63.3 cm³/mol. The Kier molecular flexibility index (Phi) is 3.62. The van der Waals surface area contributed by atoms with Gasteiger partial charge >= 0.3 is 104 Å². The summed E-state index contributed by atoms with van der Waals surface area (Å²) in [5.74, 6) is 1.61. The number of hydrogen-bond acceptors (Lipinski definition) is 3. The SMILES string of the molecule is CCOC1=C2C(=O)CC(OC)=CC2=[Te]C=C1. The van der Waals surface area contributed by atoms with E-state index >= 15 is 0 Å². The predicted octanol–water partition coefficient (Wildman–Crippen LogP) is 1.18. The minimum absolute atomic E-state index is 0.118. The summed E-state index contributed by atoms with van der Waals surface area (Å²) in [6, 6.07) is 0. The summed E-state index contributed by atoms with van der Waals surface area (Å²) in [6.45, 7) is 2.52. The molecular formula is C12H13O3Te. The summed E-state index contributed by atoms with van der Waals surface area (Å²) in [4.78, 5) is 12.0. The first-order valence-corrected chi connectivity index (χ1v) is 7.62. The summed E-state index contributed by atoms with van der Waals surface area (Å²) in [5.41, 5.74) is 0.785. The van der Waals surface area contributed by atoms with Crippen molar-refractivity contribution in [3.05, 3.63) is 33.4 Å². The van der Waals surface area contributed by atoms with Crippen LogP contribution in [0.1, 0.15) is 13.3 Å². The Hall–Kier alpha value is -0.850. The van der Waals surface area contributed by atoms with Crippen LogP contribution in [0.4, 0.5) is 0 Å². The molecule has 0 bridgehead atoms. The molecule has 0 atom stereocenters. The van der Waals surface area contributed by atoms with Crippen LogP contribution < -0.4 is 0 Å². The van der Waals surface area contributed by atoms with E-state index in [1.807, 2.05) is 19.1 Å². The molecule has 0 aromatic carbocycles. The minimum atomic E-state index is -0.405. The van der Waals surface area contributed by atoms with Crippen molar-refractivity contribution in [1.82, 2.24) is 0 Å². The number of carbonyl (C=O) groups is 1. The molecule has 0 fully saturated rings. The molecule has 1 aliphatic heterocycles. The number of rotatable bonds is 3. The van der Waals surface area contributed by atoms with E-state index in [9.17, 15) is 4.79 Å². The van der Waals surface area contributed by atoms with Crippen LogP contribution >= 0.6 is 0 Å². The van der Waals surface area contributed by atoms with Crippen molar-refractivity contribution < 1.29 is 14.3 Å². The molecule has 1 aliphatic carbocycles. The van der Waals surface area contributed by atoms with Crippen LogP contribution in [0.15, 0.2) is 33.4 Å². The molecule has 0 saturated heterocycles. The second-order valence-corrected chi connectivity index (χ2v) is 6.08. The molecule has 0 saturated carbocycles. The van der Waals surface area contributed by atoms with Crippen LogP contribution in [-0.2, 0) is 14.3 Å². The van der Waals surface area contributed by atoms with Gasteiger partial charge in [-0.3, -0.25) is 0 Å². The molecule has 0 N–H and O–H groups in total. The van der Waals surface area contributed by atoms with Crippen molar-refractivity contribution in [3.63, 3.8) is 0 Å². The molecule has 0 unspecified atom stereocenters. The summed E-state index contributed by atoms with van der Waals surface area (Å²) < 4.78 is 13.9. The van der Waals surface area contributed by atoms with E-state index in [-0.39, 0.29) is 5.78 Å². The summed E-state index contributed by atoms with van der Waals surface area (Å²) in [5, 5.41) is 0. The summed E-state index contributed by atoms with van der Waals surface area (Å²) in [6.07, 6.45) is 4.29. The Morgan fingerprint density at radius 1 is 1.50 bits per heavy atom. The van der Waals surface area contributed by atoms with Crippen molar-refractivity contribution >= 4 is 29.8 Å². The fourth-order valence-electron chi connectivity index (χ4n) is 1.66. The molecular weight excluding hydrogens is 320 g/mol. The molecule has 2 aliphatic rings. The van der Waals surface area contributed by atoms with Gasteiger partial charge < -0.3 is 0 Å². The molecule has 85 valence electrons. The Balaban J connectivity index is 2.45. The van der Waals surface area contributed by atoms with Gasteiger partial charge in [0.1, 0.15) is 0 Å². The Morgan fingerprint density at radius 3 is 3.00 bits per heavy atom. The van der Waals surface area contributed by atoms with Crippen molar-refractivity contribution in [1.29, 1.82) is 0 Å².